The minimum absolute atomic E-state index is 0.261. The molecular formula is C12H22ClN5. The van der Waals surface area contributed by atoms with Crippen molar-refractivity contribution in [2.24, 2.45) is 0 Å². The highest BCUT2D eigenvalue weighted by atomic mass is 35.5. The molecule has 6 heteroatoms. The van der Waals surface area contributed by atoms with Crippen molar-refractivity contribution in [3.05, 3.63) is 5.28 Å². The molecule has 1 heterocycles. The third-order valence-corrected chi connectivity index (χ3v) is 2.96. The molecule has 1 aromatic rings. The van der Waals surface area contributed by atoms with Crippen LogP contribution in [0.5, 0.6) is 0 Å². The van der Waals surface area contributed by atoms with E-state index in [9.17, 15) is 0 Å². The number of nitrogens with zero attached hydrogens (tertiary/aromatic N) is 5. The molecule has 0 fully saturated rings. The monoisotopic (exact) mass is 271 g/mol. The summed E-state index contributed by atoms with van der Waals surface area (Å²) in [6, 6.07) is 0. The van der Waals surface area contributed by atoms with Gasteiger partial charge in [-0.05, 0) is 38.8 Å². The minimum atomic E-state index is 0.261. The summed E-state index contributed by atoms with van der Waals surface area (Å²) in [7, 11) is 0. The Bertz CT molecular complexity index is 367. The van der Waals surface area contributed by atoms with Gasteiger partial charge in [-0.15, -0.1) is 0 Å². The lowest BCUT2D eigenvalue weighted by molar-refractivity contribution is 0.744. The Morgan fingerprint density at radius 3 is 1.78 bits per heavy atom. The largest absolute Gasteiger partial charge is 0.341 e. The molecule has 0 spiro atoms. The van der Waals surface area contributed by atoms with Crippen LogP contribution in [0.3, 0.4) is 0 Å². The number of aromatic nitrogens is 3. The topological polar surface area (TPSA) is 45.2 Å². The molecule has 1 aromatic heterocycles. The smallest absolute Gasteiger partial charge is 0.231 e. The highest BCUT2D eigenvalue weighted by molar-refractivity contribution is 6.28. The summed E-state index contributed by atoms with van der Waals surface area (Å²) in [5.74, 6) is 1.32. The van der Waals surface area contributed by atoms with Gasteiger partial charge in [-0.25, -0.2) is 0 Å². The van der Waals surface area contributed by atoms with Crippen LogP contribution in [0.4, 0.5) is 11.9 Å². The summed E-state index contributed by atoms with van der Waals surface area (Å²) in [5.41, 5.74) is 0. The maximum atomic E-state index is 5.99. The second-order valence-electron chi connectivity index (χ2n) is 3.96. The van der Waals surface area contributed by atoms with Gasteiger partial charge in [0.1, 0.15) is 0 Å². The average molecular weight is 272 g/mol. The van der Waals surface area contributed by atoms with Crippen molar-refractivity contribution in [2.75, 3.05) is 36.0 Å². The van der Waals surface area contributed by atoms with Crippen LogP contribution in [0.1, 0.15) is 34.1 Å². The summed E-state index contributed by atoms with van der Waals surface area (Å²) < 4.78 is 0. The zero-order chi connectivity index (χ0) is 13.5. The summed E-state index contributed by atoms with van der Waals surface area (Å²) in [6.45, 7) is 11.9. The molecule has 0 aliphatic rings. The molecule has 0 unspecified atom stereocenters. The average Bonchev–Trinajstić information content (AvgIpc) is 2.36. The van der Waals surface area contributed by atoms with Gasteiger partial charge >= 0.3 is 0 Å². The molecule has 0 saturated carbocycles. The number of rotatable bonds is 7. The van der Waals surface area contributed by atoms with E-state index < -0.39 is 0 Å². The van der Waals surface area contributed by atoms with Gasteiger partial charge in [0.15, 0.2) is 0 Å². The Kier molecular flexibility index (Phi) is 6.12. The Morgan fingerprint density at radius 2 is 1.33 bits per heavy atom. The van der Waals surface area contributed by atoms with E-state index in [0.29, 0.717) is 11.9 Å². The van der Waals surface area contributed by atoms with Gasteiger partial charge in [-0.2, -0.15) is 15.0 Å². The number of hydrogen-bond acceptors (Lipinski definition) is 5. The highest BCUT2D eigenvalue weighted by Crippen LogP contribution is 2.16. The predicted molar refractivity (Wildman–Crippen MR) is 76.6 cm³/mol. The zero-order valence-corrected chi connectivity index (χ0v) is 12.4. The molecular weight excluding hydrogens is 250 g/mol. The van der Waals surface area contributed by atoms with Crippen LogP contribution < -0.4 is 9.80 Å². The first-order chi connectivity index (χ1) is 8.65. The highest BCUT2D eigenvalue weighted by Gasteiger charge is 2.13. The van der Waals surface area contributed by atoms with Crippen LogP contribution in [0.15, 0.2) is 0 Å². The van der Waals surface area contributed by atoms with Crippen molar-refractivity contribution in [2.45, 2.75) is 34.1 Å². The quantitative estimate of drug-likeness (QED) is 0.763. The minimum Gasteiger partial charge on any atom is -0.341 e. The molecule has 18 heavy (non-hydrogen) atoms. The van der Waals surface area contributed by atoms with Crippen LogP contribution in [0.25, 0.3) is 0 Å². The molecule has 0 aromatic carbocycles. The van der Waals surface area contributed by atoms with Crippen molar-refractivity contribution in [3.63, 3.8) is 0 Å². The zero-order valence-electron chi connectivity index (χ0n) is 11.6. The first kappa shape index (κ1) is 15.0. The van der Waals surface area contributed by atoms with Crippen LogP contribution in [-0.2, 0) is 0 Å². The van der Waals surface area contributed by atoms with E-state index in [-0.39, 0.29) is 5.28 Å². The molecule has 0 radical (unpaired) electrons. The lowest BCUT2D eigenvalue weighted by Crippen LogP contribution is -2.29. The molecule has 0 N–H and O–H groups in total. The van der Waals surface area contributed by atoms with Crippen molar-refractivity contribution < 1.29 is 0 Å². The molecule has 5 nitrogen and oxygen atoms in total. The van der Waals surface area contributed by atoms with Crippen LogP contribution in [-0.4, -0.2) is 41.1 Å². The Morgan fingerprint density at radius 1 is 0.833 bits per heavy atom. The third kappa shape index (κ3) is 3.70. The lowest BCUT2D eigenvalue weighted by atomic mass is 10.4. The Balaban J connectivity index is 3.05. The van der Waals surface area contributed by atoms with E-state index in [1.165, 1.54) is 0 Å². The van der Waals surface area contributed by atoms with Crippen LogP contribution >= 0.6 is 11.6 Å². The molecule has 102 valence electrons. The maximum Gasteiger partial charge on any atom is 0.231 e. The van der Waals surface area contributed by atoms with Gasteiger partial charge in [0.2, 0.25) is 17.2 Å². The standard InChI is InChI=1S/C12H22ClN5/c1-5-9-18(8-4)12-15-10(13)14-11(16-12)17(6-2)7-3/h5-9H2,1-4H3. The fourth-order valence-electron chi connectivity index (χ4n) is 1.79. The van der Waals surface area contributed by atoms with E-state index in [1.54, 1.807) is 0 Å². The predicted octanol–water partition coefficient (Wildman–Crippen LogP) is 2.61. The number of anilines is 2. The molecule has 0 aliphatic carbocycles. The van der Waals surface area contributed by atoms with Gasteiger partial charge in [0.25, 0.3) is 0 Å². The Labute approximate surface area is 114 Å². The summed E-state index contributed by atoms with van der Waals surface area (Å²) in [5, 5.41) is 0.261. The van der Waals surface area contributed by atoms with E-state index >= 15 is 0 Å². The first-order valence-corrected chi connectivity index (χ1v) is 6.95. The van der Waals surface area contributed by atoms with Gasteiger partial charge in [0, 0.05) is 26.2 Å². The van der Waals surface area contributed by atoms with Gasteiger partial charge in [-0.3, -0.25) is 0 Å². The van der Waals surface area contributed by atoms with E-state index in [2.05, 4.69) is 52.4 Å². The first-order valence-electron chi connectivity index (χ1n) is 6.57. The van der Waals surface area contributed by atoms with Gasteiger partial charge < -0.3 is 9.80 Å². The summed E-state index contributed by atoms with van der Waals surface area (Å²) in [4.78, 5) is 17.1. The molecule has 0 aliphatic heterocycles. The van der Waals surface area contributed by atoms with E-state index in [0.717, 1.165) is 32.6 Å². The molecule has 0 amide bonds. The number of hydrogen-bond donors (Lipinski definition) is 0. The second-order valence-corrected chi connectivity index (χ2v) is 4.29. The van der Waals surface area contributed by atoms with Crippen LogP contribution in [0, 0.1) is 0 Å². The van der Waals surface area contributed by atoms with Gasteiger partial charge in [0.05, 0.1) is 0 Å². The van der Waals surface area contributed by atoms with Crippen molar-refractivity contribution in [1.82, 2.24) is 15.0 Å². The molecule has 1 rings (SSSR count). The van der Waals surface area contributed by atoms with Crippen LogP contribution in [0.2, 0.25) is 5.28 Å². The summed E-state index contributed by atoms with van der Waals surface area (Å²) >= 11 is 5.99. The molecule has 0 saturated heterocycles. The van der Waals surface area contributed by atoms with Crippen molar-refractivity contribution in [3.8, 4) is 0 Å². The second kappa shape index (κ2) is 7.36. The fourth-order valence-corrected chi connectivity index (χ4v) is 1.94. The SMILES string of the molecule is CCCN(CC)c1nc(Cl)nc(N(CC)CC)n1. The van der Waals surface area contributed by atoms with E-state index in [4.69, 9.17) is 11.6 Å². The van der Waals surface area contributed by atoms with Crippen molar-refractivity contribution in [1.29, 1.82) is 0 Å². The van der Waals surface area contributed by atoms with Gasteiger partial charge in [-0.1, -0.05) is 6.92 Å². The normalized spacial score (nSPS) is 10.5. The Hall–Kier alpha value is -1.10. The van der Waals surface area contributed by atoms with Crippen molar-refractivity contribution >= 4 is 23.5 Å². The molecule has 0 atom stereocenters. The van der Waals surface area contributed by atoms with E-state index in [1.807, 2.05) is 0 Å². The lowest BCUT2D eigenvalue weighted by Gasteiger charge is -2.23. The number of halogens is 1. The fraction of sp³-hybridized carbons (Fsp3) is 0.750. The third-order valence-electron chi connectivity index (χ3n) is 2.79. The summed E-state index contributed by atoms with van der Waals surface area (Å²) in [6.07, 6.45) is 1.05. The maximum absolute atomic E-state index is 5.99. The molecule has 0 bridgehead atoms.